The van der Waals surface area contributed by atoms with E-state index in [0.29, 0.717) is 21.8 Å². The Hall–Kier alpha value is -4.62. The number of nitrogens with one attached hydrogen (secondary N) is 2. The van der Waals surface area contributed by atoms with E-state index in [1.165, 1.54) is 41.1 Å². The second kappa shape index (κ2) is 12.1. The fourth-order valence-corrected chi connectivity index (χ4v) is 4.56. The highest BCUT2D eigenvalue weighted by atomic mass is 32.2. The van der Waals surface area contributed by atoms with Crippen LogP contribution in [0.2, 0.25) is 0 Å². The molecule has 0 aliphatic heterocycles. The van der Waals surface area contributed by atoms with Gasteiger partial charge in [0.2, 0.25) is 11.9 Å². The quantitative estimate of drug-likeness (QED) is 0.156. The van der Waals surface area contributed by atoms with Crippen LogP contribution in [-0.4, -0.2) is 44.1 Å². The van der Waals surface area contributed by atoms with E-state index in [1.54, 1.807) is 36.5 Å². The number of alkyl halides is 3. The molecule has 5 rings (SSSR count). The first-order valence-corrected chi connectivity index (χ1v) is 14.0. The Bertz CT molecular complexity index is 1710. The van der Waals surface area contributed by atoms with Crippen molar-refractivity contribution in [3.63, 3.8) is 0 Å². The van der Waals surface area contributed by atoms with Crippen LogP contribution >= 0.6 is 0 Å². The van der Waals surface area contributed by atoms with Crippen LogP contribution in [0.3, 0.4) is 0 Å². The van der Waals surface area contributed by atoms with E-state index in [4.69, 9.17) is 4.74 Å². The number of pyridine rings is 1. The SMILES string of the molecule is C[S@@+]([O-])c1ccc(Nc2nc3ccc(-c4ccc(NC(=O)Cc5ccc(F)cc5)cc4)cn3n2)c(OCC(F)(F)F)c1. The predicted octanol–water partition coefficient (Wildman–Crippen LogP) is 6.14. The smallest absolute Gasteiger partial charge is 0.422 e. The molecule has 0 aliphatic rings. The van der Waals surface area contributed by atoms with E-state index in [0.717, 1.165) is 11.1 Å². The summed E-state index contributed by atoms with van der Waals surface area (Å²) in [6, 6.07) is 20.7. The van der Waals surface area contributed by atoms with Crippen LogP contribution in [0.15, 0.2) is 90.0 Å². The van der Waals surface area contributed by atoms with Crippen molar-refractivity contribution in [3.05, 3.63) is 96.4 Å². The van der Waals surface area contributed by atoms with Crippen molar-refractivity contribution in [3.8, 4) is 16.9 Å². The highest BCUT2D eigenvalue weighted by Gasteiger charge is 2.29. The highest BCUT2D eigenvalue weighted by Crippen LogP contribution is 2.32. The van der Waals surface area contributed by atoms with Crippen LogP contribution in [0.5, 0.6) is 5.75 Å². The van der Waals surface area contributed by atoms with Gasteiger partial charge in [-0.15, -0.1) is 5.10 Å². The minimum atomic E-state index is -4.55. The zero-order chi connectivity index (χ0) is 29.9. The normalized spacial score (nSPS) is 12.2. The topological polar surface area (TPSA) is 104 Å². The molecular formula is C29H23F4N5O3S. The third-order valence-corrected chi connectivity index (χ3v) is 6.95. The molecule has 2 N–H and O–H groups in total. The Balaban J connectivity index is 1.29. The first kappa shape index (κ1) is 28.9. The monoisotopic (exact) mass is 597 g/mol. The first-order valence-electron chi connectivity index (χ1n) is 12.5. The number of fused-ring (bicyclic) bond motifs is 1. The minimum absolute atomic E-state index is 0.111. The average molecular weight is 598 g/mol. The zero-order valence-electron chi connectivity index (χ0n) is 22.0. The standard InChI is InChI=1S/C29H23F4N5O3S/c1-42(40)23-11-12-24(25(15-23)41-17-29(31,32)33)35-28-36-26-13-6-20(16-38(26)37-28)19-4-9-22(10-5-19)34-27(39)14-18-2-7-21(30)8-3-18/h2-13,15-16H,14,17H2,1H3,(H,34,39)(H,35,37)/t42-/m1/s1. The average Bonchev–Trinajstić information content (AvgIpc) is 3.35. The molecule has 3 aromatic carbocycles. The molecule has 0 radical (unpaired) electrons. The predicted molar refractivity (Wildman–Crippen MR) is 151 cm³/mol. The second-order valence-corrected chi connectivity index (χ2v) is 10.6. The van der Waals surface area contributed by atoms with Crippen LogP contribution in [0.1, 0.15) is 5.56 Å². The summed E-state index contributed by atoms with van der Waals surface area (Å²) in [6.45, 7) is -1.51. The molecule has 2 aromatic heterocycles. The van der Waals surface area contributed by atoms with Crippen molar-refractivity contribution in [2.24, 2.45) is 0 Å². The van der Waals surface area contributed by atoms with Crippen LogP contribution in [-0.2, 0) is 22.4 Å². The van der Waals surface area contributed by atoms with Gasteiger partial charge in [-0.2, -0.15) is 18.2 Å². The van der Waals surface area contributed by atoms with E-state index in [-0.39, 0.29) is 35.5 Å². The van der Waals surface area contributed by atoms with Crippen molar-refractivity contribution < 1.29 is 31.6 Å². The summed E-state index contributed by atoms with van der Waals surface area (Å²) >= 11 is -1.42. The molecule has 1 amide bonds. The Labute approximate surface area is 240 Å². The van der Waals surface area contributed by atoms with Crippen molar-refractivity contribution in [2.45, 2.75) is 17.5 Å². The van der Waals surface area contributed by atoms with Gasteiger partial charge in [0.15, 0.2) is 17.1 Å². The zero-order valence-corrected chi connectivity index (χ0v) is 22.8. The molecule has 0 bridgehead atoms. The Morgan fingerprint density at radius 1 is 1.00 bits per heavy atom. The first-order chi connectivity index (χ1) is 20.0. The van der Waals surface area contributed by atoms with Crippen molar-refractivity contribution in [1.29, 1.82) is 0 Å². The van der Waals surface area contributed by atoms with Crippen LogP contribution < -0.4 is 15.4 Å². The Kier molecular flexibility index (Phi) is 8.31. The van der Waals surface area contributed by atoms with Crippen molar-refractivity contribution >= 4 is 40.1 Å². The molecule has 42 heavy (non-hydrogen) atoms. The number of rotatable bonds is 9. The third kappa shape index (κ3) is 7.36. The number of amides is 1. The van der Waals surface area contributed by atoms with Gasteiger partial charge in [-0.1, -0.05) is 24.3 Å². The lowest BCUT2D eigenvalue weighted by atomic mass is 10.1. The van der Waals surface area contributed by atoms with Crippen LogP contribution in [0, 0.1) is 5.82 Å². The summed E-state index contributed by atoms with van der Waals surface area (Å²) in [5.41, 5.74) is 3.59. The van der Waals surface area contributed by atoms with E-state index in [1.807, 2.05) is 18.2 Å². The molecule has 0 aliphatic carbocycles. The van der Waals surface area contributed by atoms with Gasteiger partial charge in [-0.25, -0.2) is 8.91 Å². The third-order valence-electron chi connectivity index (χ3n) is 6.03. The Morgan fingerprint density at radius 3 is 2.40 bits per heavy atom. The van der Waals surface area contributed by atoms with E-state index < -0.39 is 24.0 Å². The maximum Gasteiger partial charge on any atom is 0.422 e. The summed E-state index contributed by atoms with van der Waals surface area (Å²) in [4.78, 5) is 17.0. The maximum atomic E-state index is 13.1. The molecule has 216 valence electrons. The van der Waals surface area contributed by atoms with Gasteiger partial charge in [-0.05, 0) is 70.8 Å². The van der Waals surface area contributed by atoms with Crippen LogP contribution in [0.25, 0.3) is 16.8 Å². The summed E-state index contributed by atoms with van der Waals surface area (Å²) in [7, 11) is 0. The lowest BCUT2D eigenvalue weighted by molar-refractivity contribution is -0.153. The number of hydrogen-bond donors (Lipinski definition) is 2. The number of carbonyl (C=O) groups excluding carboxylic acids is 1. The van der Waals surface area contributed by atoms with Crippen molar-refractivity contribution in [2.75, 3.05) is 23.5 Å². The number of nitrogens with zero attached hydrogens (tertiary/aromatic N) is 3. The van der Waals surface area contributed by atoms with Gasteiger partial charge < -0.3 is 19.9 Å². The summed E-state index contributed by atoms with van der Waals surface area (Å²) in [5, 5.41) is 10.1. The molecule has 0 fully saturated rings. The molecule has 5 aromatic rings. The number of anilines is 3. The van der Waals surface area contributed by atoms with Crippen molar-refractivity contribution in [1.82, 2.24) is 14.6 Å². The number of benzene rings is 3. The van der Waals surface area contributed by atoms with E-state index in [2.05, 4.69) is 20.7 Å². The van der Waals surface area contributed by atoms with Gasteiger partial charge >= 0.3 is 6.18 Å². The van der Waals surface area contributed by atoms with Gasteiger partial charge in [0.05, 0.1) is 12.1 Å². The molecule has 13 heteroatoms. The van der Waals surface area contributed by atoms with Gasteiger partial charge in [0.1, 0.15) is 17.8 Å². The molecule has 0 saturated carbocycles. The number of halogens is 4. The minimum Gasteiger partial charge on any atom is -0.612 e. The Morgan fingerprint density at radius 2 is 1.71 bits per heavy atom. The van der Waals surface area contributed by atoms with E-state index >= 15 is 0 Å². The molecule has 0 unspecified atom stereocenters. The molecule has 0 saturated heterocycles. The fourth-order valence-electron chi connectivity index (χ4n) is 4.03. The molecule has 1 atom stereocenters. The van der Waals surface area contributed by atoms with Gasteiger partial charge in [0, 0.05) is 23.5 Å². The molecule has 8 nitrogen and oxygen atoms in total. The maximum absolute atomic E-state index is 13.1. The summed E-state index contributed by atoms with van der Waals surface area (Å²) in [6.07, 6.45) is -1.29. The largest absolute Gasteiger partial charge is 0.612 e. The number of aromatic nitrogens is 3. The van der Waals surface area contributed by atoms with Crippen LogP contribution in [0.4, 0.5) is 34.9 Å². The molecule has 2 heterocycles. The number of hydrogen-bond acceptors (Lipinski definition) is 6. The second-order valence-electron chi connectivity index (χ2n) is 9.23. The lowest BCUT2D eigenvalue weighted by Crippen LogP contribution is -2.19. The number of carbonyl (C=O) groups is 1. The highest BCUT2D eigenvalue weighted by molar-refractivity contribution is 7.90. The molecule has 0 spiro atoms. The summed E-state index contributed by atoms with van der Waals surface area (Å²) < 4.78 is 69.7. The van der Waals surface area contributed by atoms with E-state index in [9.17, 15) is 26.9 Å². The molecular weight excluding hydrogens is 574 g/mol. The van der Waals surface area contributed by atoms with Gasteiger partial charge in [-0.3, -0.25) is 4.79 Å². The number of ether oxygens (including phenoxy) is 1. The van der Waals surface area contributed by atoms with Gasteiger partial charge in [0.25, 0.3) is 0 Å². The lowest BCUT2D eigenvalue weighted by Gasteiger charge is -2.14. The summed E-state index contributed by atoms with van der Waals surface area (Å²) in [5.74, 6) is -0.614. The fraction of sp³-hybridized carbons (Fsp3) is 0.138.